The number of amides is 1. The number of nitrogens with one attached hydrogen (secondary N) is 1. The molecule has 0 aliphatic rings. The Morgan fingerprint density at radius 2 is 1.76 bits per heavy atom. The lowest BCUT2D eigenvalue weighted by Gasteiger charge is -2.19. The van der Waals surface area contributed by atoms with Gasteiger partial charge in [-0.05, 0) is 56.7 Å². The number of halogens is 1. The maximum atomic E-state index is 13.2. The van der Waals surface area contributed by atoms with Crippen LogP contribution in [0.1, 0.15) is 27.2 Å². The van der Waals surface area contributed by atoms with Gasteiger partial charge in [0.25, 0.3) is 11.5 Å². The van der Waals surface area contributed by atoms with Gasteiger partial charge in [0.1, 0.15) is 17.3 Å². The number of anilines is 1. The predicted octanol–water partition coefficient (Wildman–Crippen LogP) is 3.97. The van der Waals surface area contributed by atoms with Crippen molar-refractivity contribution < 1.29 is 23.4 Å². The molecule has 0 spiro atoms. The van der Waals surface area contributed by atoms with E-state index in [0.717, 1.165) is 4.68 Å². The number of hydrogen-bond acceptors (Lipinski definition) is 6. The molecule has 3 rings (SSSR count). The van der Waals surface area contributed by atoms with Gasteiger partial charge in [0, 0.05) is 18.2 Å². The molecule has 0 radical (unpaired) electrons. The van der Waals surface area contributed by atoms with Crippen LogP contribution in [0.5, 0.6) is 17.4 Å². The van der Waals surface area contributed by atoms with Crippen LogP contribution < -0.4 is 25.1 Å². The van der Waals surface area contributed by atoms with E-state index in [4.69, 9.17) is 14.2 Å². The van der Waals surface area contributed by atoms with Crippen molar-refractivity contribution >= 4 is 11.6 Å². The minimum absolute atomic E-state index is 0.0778. The van der Waals surface area contributed by atoms with E-state index >= 15 is 0 Å². The number of ether oxygens (including phenoxy) is 3. The van der Waals surface area contributed by atoms with Crippen molar-refractivity contribution in [1.82, 2.24) is 9.78 Å². The molecule has 1 N–H and O–H groups in total. The van der Waals surface area contributed by atoms with Gasteiger partial charge in [-0.15, -0.1) is 5.10 Å². The number of rotatable bonds is 10. The van der Waals surface area contributed by atoms with E-state index in [1.165, 1.54) is 36.4 Å². The molecule has 1 aromatic heterocycles. The van der Waals surface area contributed by atoms with Crippen LogP contribution in [0.25, 0.3) is 5.69 Å². The molecule has 174 valence electrons. The Morgan fingerprint density at radius 3 is 2.42 bits per heavy atom. The summed E-state index contributed by atoms with van der Waals surface area (Å²) >= 11 is 0. The van der Waals surface area contributed by atoms with Gasteiger partial charge in [0.05, 0.1) is 24.6 Å². The van der Waals surface area contributed by atoms with E-state index in [1.54, 1.807) is 25.1 Å². The van der Waals surface area contributed by atoms with E-state index in [2.05, 4.69) is 10.4 Å². The van der Waals surface area contributed by atoms with Crippen LogP contribution in [-0.4, -0.2) is 35.0 Å². The quantitative estimate of drug-likeness (QED) is 0.498. The van der Waals surface area contributed by atoms with E-state index in [0.29, 0.717) is 42.5 Å². The van der Waals surface area contributed by atoms with Crippen LogP contribution in [0.2, 0.25) is 0 Å². The molecule has 9 heteroatoms. The Kier molecular flexibility index (Phi) is 8.01. The number of benzene rings is 2. The molecule has 0 aliphatic carbocycles. The van der Waals surface area contributed by atoms with Crippen LogP contribution >= 0.6 is 0 Å². The van der Waals surface area contributed by atoms with Gasteiger partial charge in [-0.25, -0.2) is 4.39 Å². The van der Waals surface area contributed by atoms with Crippen LogP contribution in [0, 0.1) is 5.82 Å². The number of nitrogens with zero attached hydrogens (tertiary/aromatic N) is 2. The van der Waals surface area contributed by atoms with Gasteiger partial charge in [-0.2, -0.15) is 4.68 Å². The van der Waals surface area contributed by atoms with Gasteiger partial charge in [-0.1, -0.05) is 6.92 Å². The third-order valence-corrected chi connectivity index (χ3v) is 4.59. The van der Waals surface area contributed by atoms with Crippen LogP contribution in [0.15, 0.2) is 59.4 Å². The molecule has 0 fully saturated rings. The Labute approximate surface area is 190 Å². The molecule has 0 aliphatic heterocycles. The molecule has 8 nitrogen and oxygen atoms in total. The lowest BCUT2D eigenvalue weighted by atomic mass is 10.2. The van der Waals surface area contributed by atoms with Crippen LogP contribution in [0.4, 0.5) is 10.1 Å². The van der Waals surface area contributed by atoms with Gasteiger partial charge < -0.3 is 19.5 Å². The van der Waals surface area contributed by atoms with E-state index in [9.17, 15) is 14.0 Å². The summed E-state index contributed by atoms with van der Waals surface area (Å²) in [6, 6.07) is 13.2. The smallest absolute Gasteiger partial charge is 0.271 e. The van der Waals surface area contributed by atoms with Crippen LogP contribution in [-0.2, 0) is 4.79 Å². The van der Waals surface area contributed by atoms with E-state index in [-0.39, 0.29) is 5.88 Å². The fourth-order valence-corrected chi connectivity index (χ4v) is 3.05. The maximum Gasteiger partial charge on any atom is 0.271 e. The van der Waals surface area contributed by atoms with Crippen molar-refractivity contribution in [2.24, 2.45) is 0 Å². The molecule has 0 saturated carbocycles. The first-order chi connectivity index (χ1) is 15.9. The zero-order chi connectivity index (χ0) is 23.8. The van der Waals surface area contributed by atoms with Crippen molar-refractivity contribution in [3.05, 3.63) is 70.8 Å². The SMILES string of the molecule is CCOc1ccc(OCC)c(NC(=O)C(CC)Oc2ccc(=O)n(-c3ccc(F)cc3)n2)c1. The van der Waals surface area contributed by atoms with Crippen LogP contribution in [0.3, 0.4) is 0 Å². The summed E-state index contributed by atoms with van der Waals surface area (Å²) in [5.74, 6) is 0.342. The van der Waals surface area contributed by atoms with Crippen molar-refractivity contribution in [2.75, 3.05) is 18.5 Å². The number of carbonyl (C=O) groups is 1. The third-order valence-electron chi connectivity index (χ3n) is 4.59. The fourth-order valence-electron chi connectivity index (χ4n) is 3.05. The van der Waals surface area contributed by atoms with Gasteiger partial charge in [-0.3, -0.25) is 9.59 Å². The average molecular weight is 455 g/mol. The molecular weight excluding hydrogens is 429 g/mol. The summed E-state index contributed by atoms with van der Waals surface area (Å²) in [4.78, 5) is 25.2. The van der Waals surface area contributed by atoms with E-state index in [1.807, 2.05) is 13.8 Å². The fraction of sp³-hybridized carbons (Fsp3) is 0.292. The summed E-state index contributed by atoms with van der Waals surface area (Å²) < 4.78 is 31.2. The van der Waals surface area contributed by atoms with Gasteiger partial charge >= 0.3 is 0 Å². The van der Waals surface area contributed by atoms with Gasteiger partial charge in [0.2, 0.25) is 5.88 Å². The monoisotopic (exact) mass is 455 g/mol. The first kappa shape index (κ1) is 23.8. The highest BCUT2D eigenvalue weighted by atomic mass is 19.1. The molecular formula is C24H26FN3O5. The van der Waals surface area contributed by atoms with Gasteiger partial charge in [0.15, 0.2) is 6.10 Å². The first-order valence-electron chi connectivity index (χ1n) is 10.7. The molecule has 0 saturated heterocycles. The molecule has 2 aromatic carbocycles. The normalized spacial score (nSPS) is 11.5. The second kappa shape index (κ2) is 11.1. The largest absolute Gasteiger partial charge is 0.494 e. The number of aromatic nitrogens is 2. The summed E-state index contributed by atoms with van der Waals surface area (Å²) in [6.45, 7) is 6.42. The molecule has 1 heterocycles. The zero-order valence-electron chi connectivity index (χ0n) is 18.7. The summed E-state index contributed by atoms with van der Waals surface area (Å²) in [5.41, 5.74) is 0.415. The lowest BCUT2D eigenvalue weighted by Crippen LogP contribution is -2.33. The Morgan fingerprint density at radius 1 is 1.03 bits per heavy atom. The van der Waals surface area contributed by atoms with Crippen molar-refractivity contribution in [3.63, 3.8) is 0 Å². The second-order valence-corrected chi connectivity index (χ2v) is 6.93. The molecule has 1 amide bonds. The summed E-state index contributed by atoms with van der Waals surface area (Å²) in [6.07, 6.45) is -0.542. The molecule has 1 atom stereocenters. The highest BCUT2D eigenvalue weighted by Gasteiger charge is 2.21. The topological polar surface area (TPSA) is 91.7 Å². The summed E-state index contributed by atoms with van der Waals surface area (Å²) in [5, 5.41) is 6.99. The zero-order valence-corrected chi connectivity index (χ0v) is 18.7. The minimum Gasteiger partial charge on any atom is -0.494 e. The Hall–Kier alpha value is -3.88. The van der Waals surface area contributed by atoms with Crippen molar-refractivity contribution in [1.29, 1.82) is 0 Å². The molecule has 33 heavy (non-hydrogen) atoms. The highest BCUT2D eigenvalue weighted by molar-refractivity contribution is 5.95. The molecule has 3 aromatic rings. The number of hydrogen-bond donors (Lipinski definition) is 1. The summed E-state index contributed by atoms with van der Waals surface area (Å²) in [7, 11) is 0. The van der Waals surface area contributed by atoms with Crippen molar-refractivity contribution in [3.8, 4) is 23.1 Å². The third kappa shape index (κ3) is 6.09. The standard InChI is InChI=1S/C24H26FN3O5/c1-4-20(24(30)26-19-15-18(31-5-2)11-12-21(19)32-6-3)33-22-13-14-23(29)28(27-22)17-9-7-16(25)8-10-17/h7-15,20H,4-6H2,1-3H3,(H,26,30). The minimum atomic E-state index is -0.887. The number of carbonyl (C=O) groups excluding carboxylic acids is 1. The average Bonchev–Trinajstić information content (AvgIpc) is 2.81. The molecule has 1 unspecified atom stereocenters. The highest BCUT2D eigenvalue weighted by Crippen LogP contribution is 2.30. The Balaban J connectivity index is 1.81. The first-order valence-corrected chi connectivity index (χ1v) is 10.7. The maximum absolute atomic E-state index is 13.2. The lowest BCUT2D eigenvalue weighted by molar-refractivity contribution is -0.123. The second-order valence-electron chi connectivity index (χ2n) is 6.93. The Bertz CT molecular complexity index is 1150. The van der Waals surface area contributed by atoms with Crippen molar-refractivity contribution in [2.45, 2.75) is 33.3 Å². The predicted molar refractivity (Wildman–Crippen MR) is 122 cm³/mol. The molecule has 0 bridgehead atoms. The van der Waals surface area contributed by atoms with E-state index < -0.39 is 23.4 Å².